The van der Waals surface area contributed by atoms with Gasteiger partial charge in [0, 0.05) is 29.8 Å². The number of para-hydroxylation sites is 1. The molecular formula is C26H32N6O2. The second-order valence-electron chi connectivity index (χ2n) is 8.84. The van der Waals surface area contributed by atoms with E-state index in [0.29, 0.717) is 13.2 Å². The SMILES string of the molecule is CN(C)CCCO/N=C/c1cccc2nc3c(nc12)-c1ccccc1/C3=N\OCCCN(C)C. The highest BCUT2D eigenvalue weighted by Crippen LogP contribution is 2.36. The molecule has 0 fully saturated rings. The molecule has 8 heteroatoms. The molecule has 0 aliphatic heterocycles. The summed E-state index contributed by atoms with van der Waals surface area (Å²) >= 11 is 0. The number of nitrogens with zero attached hydrogens (tertiary/aromatic N) is 6. The van der Waals surface area contributed by atoms with E-state index in [2.05, 4.69) is 20.1 Å². The van der Waals surface area contributed by atoms with E-state index >= 15 is 0 Å². The largest absolute Gasteiger partial charge is 0.396 e. The molecule has 1 heterocycles. The van der Waals surface area contributed by atoms with Crippen LogP contribution in [0.5, 0.6) is 0 Å². The lowest BCUT2D eigenvalue weighted by atomic mass is 10.1. The molecule has 0 N–H and O–H groups in total. The lowest BCUT2D eigenvalue weighted by Crippen LogP contribution is -2.14. The van der Waals surface area contributed by atoms with Crippen molar-refractivity contribution in [3.8, 4) is 11.3 Å². The fraction of sp³-hybridized carbons (Fsp3) is 0.385. The van der Waals surface area contributed by atoms with Gasteiger partial charge < -0.3 is 19.5 Å². The zero-order valence-corrected chi connectivity index (χ0v) is 20.4. The van der Waals surface area contributed by atoms with E-state index in [1.807, 2.05) is 70.7 Å². The van der Waals surface area contributed by atoms with Gasteiger partial charge >= 0.3 is 0 Å². The molecule has 1 aromatic heterocycles. The van der Waals surface area contributed by atoms with Crippen LogP contribution in [0.2, 0.25) is 0 Å². The number of hydrogen-bond acceptors (Lipinski definition) is 8. The minimum atomic E-state index is 0.551. The van der Waals surface area contributed by atoms with Crippen LogP contribution in [0, 0.1) is 0 Å². The van der Waals surface area contributed by atoms with E-state index in [4.69, 9.17) is 19.6 Å². The number of benzene rings is 2. The van der Waals surface area contributed by atoms with Crippen LogP contribution in [0.1, 0.15) is 29.7 Å². The van der Waals surface area contributed by atoms with E-state index in [1.54, 1.807) is 6.21 Å². The van der Waals surface area contributed by atoms with E-state index in [-0.39, 0.29) is 0 Å². The van der Waals surface area contributed by atoms with Crippen molar-refractivity contribution in [1.29, 1.82) is 0 Å². The second-order valence-corrected chi connectivity index (χ2v) is 8.84. The van der Waals surface area contributed by atoms with E-state index in [9.17, 15) is 0 Å². The van der Waals surface area contributed by atoms with Gasteiger partial charge in [0.1, 0.15) is 24.6 Å². The highest BCUT2D eigenvalue weighted by atomic mass is 16.6. The van der Waals surface area contributed by atoms with Crippen LogP contribution in [0.3, 0.4) is 0 Å². The van der Waals surface area contributed by atoms with Crippen LogP contribution in [0.15, 0.2) is 52.8 Å². The summed E-state index contributed by atoms with van der Waals surface area (Å²) in [6.07, 6.45) is 3.54. The summed E-state index contributed by atoms with van der Waals surface area (Å²) < 4.78 is 0. The van der Waals surface area contributed by atoms with Crippen LogP contribution >= 0.6 is 0 Å². The van der Waals surface area contributed by atoms with Gasteiger partial charge in [-0.1, -0.05) is 46.7 Å². The molecule has 0 saturated heterocycles. The molecule has 4 rings (SSSR count). The molecule has 0 atom stereocenters. The molecule has 8 nitrogen and oxygen atoms in total. The average molecular weight is 461 g/mol. The van der Waals surface area contributed by atoms with Gasteiger partial charge in [-0.3, -0.25) is 0 Å². The first-order chi connectivity index (χ1) is 16.5. The highest BCUT2D eigenvalue weighted by molar-refractivity contribution is 6.23. The van der Waals surface area contributed by atoms with Gasteiger partial charge in [-0.15, -0.1) is 0 Å². The summed E-state index contributed by atoms with van der Waals surface area (Å²) in [5.41, 5.74) is 6.71. The molecule has 0 unspecified atom stereocenters. The van der Waals surface area contributed by atoms with Crippen molar-refractivity contribution < 1.29 is 9.68 Å². The zero-order chi connectivity index (χ0) is 23.9. The Balaban J connectivity index is 1.60. The third-order valence-electron chi connectivity index (χ3n) is 5.49. The summed E-state index contributed by atoms with van der Waals surface area (Å²) in [5, 5.41) is 8.62. The predicted molar refractivity (Wildman–Crippen MR) is 136 cm³/mol. The van der Waals surface area contributed by atoms with Crippen molar-refractivity contribution in [2.24, 2.45) is 10.3 Å². The summed E-state index contributed by atoms with van der Waals surface area (Å²) in [4.78, 5) is 25.3. The fourth-order valence-electron chi connectivity index (χ4n) is 3.82. The molecule has 178 valence electrons. The van der Waals surface area contributed by atoms with E-state index in [1.165, 1.54) is 0 Å². The molecule has 2 aromatic carbocycles. The summed E-state index contributed by atoms with van der Waals surface area (Å²) in [6.45, 7) is 3.04. The normalized spacial score (nSPS) is 13.9. The van der Waals surface area contributed by atoms with Crippen molar-refractivity contribution in [2.75, 3.05) is 54.5 Å². The Morgan fingerprint density at radius 1 is 0.794 bits per heavy atom. The quantitative estimate of drug-likeness (QED) is 0.193. The molecule has 0 amide bonds. The third-order valence-corrected chi connectivity index (χ3v) is 5.49. The smallest absolute Gasteiger partial charge is 0.138 e. The lowest BCUT2D eigenvalue weighted by Gasteiger charge is -2.08. The first-order valence-corrected chi connectivity index (χ1v) is 11.6. The minimum Gasteiger partial charge on any atom is -0.396 e. The molecule has 0 bridgehead atoms. The van der Waals surface area contributed by atoms with E-state index < -0.39 is 0 Å². The third kappa shape index (κ3) is 5.58. The number of hydrogen-bond donors (Lipinski definition) is 0. The van der Waals surface area contributed by atoms with Gasteiger partial charge in [0.05, 0.1) is 22.9 Å². The van der Waals surface area contributed by atoms with Crippen molar-refractivity contribution in [3.63, 3.8) is 0 Å². The van der Waals surface area contributed by atoms with Crippen LogP contribution in [0.4, 0.5) is 0 Å². The summed E-state index contributed by atoms with van der Waals surface area (Å²) in [5.74, 6) is 0. The van der Waals surface area contributed by atoms with Gasteiger partial charge in [0.2, 0.25) is 0 Å². The maximum Gasteiger partial charge on any atom is 0.138 e. The number of fused-ring (bicyclic) bond motifs is 4. The van der Waals surface area contributed by atoms with Gasteiger partial charge in [-0.2, -0.15) is 0 Å². The molecule has 3 aromatic rings. The molecule has 0 saturated carbocycles. The Labute approximate surface area is 200 Å². The Kier molecular flexibility index (Phi) is 7.82. The van der Waals surface area contributed by atoms with Gasteiger partial charge in [0.25, 0.3) is 0 Å². The van der Waals surface area contributed by atoms with Crippen molar-refractivity contribution >= 4 is 23.0 Å². The number of rotatable bonds is 11. The molecular weight excluding hydrogens is 428 g/mol. The molecule has 0 radical (unpaired) electrons. The van der Waals surface area contributed by atoms with Crippen LogP contribution in [-0.2, 0) is 9.68 Å². The fourth-order valence-corrected chi connectivity index (χ4v) is 3.82. The first-order valence-electron chi connectivity index (χ1n) is 11.6. The lowest BCUT2D eigenvalue weighted by molar-refractivity contribution is 0.135. The Morgan fingerprint density at radius 2 is 1.50 bits per heavy atom. The second kappa shape index (κ2) is 11.2. The Morgan fingerprint density at radius 3 is 2.24 bits per heavy atom. The van der Waals surface area contributed by atoms with Crippen molar-refractivity contribution in [2.45, 2.75) is 12.8 Å². The van der Waals surface area contributed by atoms with E-state index in [0.717, 1.165) is 70.8 Å². The standard InChI is InChI=1S/C26H32N6O2/c1-31(2)14-8-16-33-27-18-19-10-7-13-22-23(19)29-24-20-11-5-6-12-21(20)25(26(24)28-22)30-34-17-9-15-32(3)4/h5-7,10-13,18H,8-9,14-17H2,1-4H3/b27-18+,30-25+. The predicted octanol–water partition coefficient (Wildman–Crippen LogP) is 3.63. The number of aromatic nitrogens is 2. The van der Waals surface area contributed by atoms with Crippen molar-refractivity contribution in [3.05, 3.63) is 59.3 Å². The molecule has 1 aliphatic carbocycles. The van der Waals surface area contributed by atoms with Gasteiger partial charge in [-0.25, -0.2) is 9.97 Å². The Hall–Kier alpha value is -3.36. The Bertz CT molecular complexity index is 1190. The molecule has 0 spiro atoms. The molecule has 1 aliphatic rings. The van der Waals surface area contributed by atoms with Crippen molar-refractivity contribution in [1.82, 2.24) is 19.8 Å². The van der Waals surface area contributed by atoms with Crippen LogP contribution in [-0.4, -0.2) is 86.2 Å². The minimum absolute atomic E-state index is 0.551. The van der Waals surface area contributed by atoms with Gasteiger partial charge in [-0.05, 0) is 47.1 Å². The number of oxime groups is 2. The van der Waals surface area contributed by atoms with Crippen LogP contribution < -0.4 is 0 Å². The summed E-state index contributed by atoms with van der Waals surface area (Å²) in [6, 6.07) is 14.0. The maximum absolute atomic E-state index is 5.67. The topological polar surface area (TPSA) is 75.4 Å². The average Bonchev–Trinajstić information content (AvgIpc) is 3.12. The maximum atomic E-state index is 5.67. The van der Waals surface area contributed by atoms with Gasteiger partial charge in [0.15, 0.2) is 0 Å². The summed E-state index contributed by atoms with van der Waals surface area (Å²) in [7, 11) is 8.18. The highest BCUT2D eigenvalue weighted by Gasteiger charge is 2.29. The van der Waals surface area contributed by atoms with Crippen LogP contribution in [0.25, 0.3) is 22.3 Å². The monoisotopic (exact) mass is 460 g/mol. The zero-order valence-electron chi connectivity index (χ0n) is 20.4. The first kappa shape index (κ1) is 23.8. The molecule has 34 heavy (non-hydrogen) atoms.